The molecule has 2 atom stereocenters. The van der Waals surface area contributed by atoms with Gasteiger partial charge < -0.3 is 23.8 Å². The number of unbranched alkanes of at least 4 members (excludes halogenated alkanes) is 14. The minimum atomic E-state index is -0.219. The van der Waals surface area contributed by atoms with Gasteiger partial charge in [0.1, 0.15) is 18.3 Å². The van der Waals surface area contributed by atoms with E-state index in [0.717, 1.165) is 167 Å². The first kappa shape index (κ1) is 51.3. The molecule has 0 aliphatic carbocycles. The minimum absolute atomic E-state index is 0.0547. The molecule has 0 radical (unpaired) electrons. The lowest BCUT2D eigenvalue weighted by Crippen LogP contribution is -2.47. The SMILES string of the molecule is CCCCCCCOC1CN(C)CCC1C(=O)OC(CCCCCCC(=O)OC(CCCC)CCCC)CCCCCCC(=O)OC(CCCC)CCCC. The van der Waals surface area contributed by atoms with Crippen molar-refractivity contribution >= 4 is 17.9 Å². The zero-order valence-corrected chi connectivity index (χ0v) is 37.0. The average Bonchev–Trinajstić information content (AvgIpc) is 3.17. The molecule has 0 aromatic heterocycles. The third kappa shape index (κ3) is 27.6. The fourth-order valence-corrected chi connectivity index (χ4v) is 7.69. The van der Waals surface area contributed by atoms with Crippen LogP contribution in [0.2, 0.25) is 0 Å². The lowest BCUT2D eigenvalue weighted by Gasteiger charge is -2.36. The van der Waals surface area contributed by atoms with Crippen molar-refractivity contribution in [1.29, 1.82) is 0 Å². The van der Waals surface area contributed by atoms with Gasteiger partial charge in [-0.25, -0.2) is 0 Å². The Hall–Kier alpha value is -1.67. The van der Waals surface area contributed by atoms with Gasteiger partial charge in [0, 0.05) is 26.0 Å². The highest BCUT2D eigenvalue weighted by molar-refractivity contribution is 5.73. The monoisotopic (exact) mass is 780 g/mol. The van der Waals surface area contributed by atoms with Crippen molar-refractivity contribution in [1.82, 2.24) is 4.90 Å². The lowest BCUT2D eigenvalue weighted by molar-refractivity contribution is -0.164. The van der Waals surface area contributed by atoms with E-state index >= 15 is 0 Å². The van der Waals surface area contributed by atoms with E-state index in [9.17, 15) is 14.4 Å². The van der Waals surface area contributed by atoms with Gasteiger partial charge in [0.15, 0.2) is 0 Å². The van der Waals surface area contributed by atoms with E-state index < -0.39 is 0 Å². The van der Waals surface area contributed by atoms with E-state index in [1.807, 2.05) is 0 Å². The van der Waals surface area contributed by atoms with Gasteiger partial charge in [-0.3, -0.25) is 14.4 Å². The number of hydrogen-bond donors (Lipinski definition) is 0. The summed E-state index contributed by atoms with van der Waals surface area (Å²) in [4.78, 5) is 41.2. The Morgan fingerprint density at radius 2 is 0.909 bits per heavy atom. The van der Waals surface area contributed by atoms with Crippen molar-refractivity contribution in [3.63, 3.8) is 0 Å². The Bertz CT molecular complexity index is 867. The second kappa shape index (κ2) is 35.5. The molecule has 1 saturated heterocycles. The van der Waals surface area contributed by atoms with Gasteiger partial charge >= 0.3 is 17.9 Å². The van der Waals surface area contributed by atoms with E-state index in [0.29, 0.717) is 19.4 Å². The summed E-state index contributed by atoms with van der Waals surface area (Å²) in [6.07, 6.45) is 29.6. The highest BCUT2D eigenvalue weighted by atomic mass is 16.6. The van der Waals surface area contributed by atoms with Crippen LogP contribution in [-0.2, 0) is 33.3 Å². The molecule has 0 spiro atoms. The van der Waals surface area contributed by atoms with Crippen molar-refractivity contribution in [3.8, 4) is 0 Å². The molecule has 8 heteroatoms. The van der Waals surface area contributed by atoms with Gasteiger partial charge in [0.2, 0.25) is 0 Å². The fourth-order valence-electron chi connectivity index (χ4n) is 7.69. The summed E-state index contributed by atoms with van der Waals surface area (Å²) in [7, 11) is 2.11. The lowest BCUT2D eigenvalue weighted by atomic mass is 9.93. The molecular weight excluding hydrogens is 691 g/mol. The molecule has 55 heavy (non-hydrogen) atoms. The smallest absolute Gasteiger partial charge is 0.311 e. The summed E-state index contributed by atoms with van der Waals surface area (Å²) in [5.74, 6) is -0.425. The summed E-state index contributed by atoms with van der Waals surface area (Å²) in [6, 6.07) is 0. The number of likely N-dealkylation sites (tertiary alicyclic amines) is 1. The van der Waals surface area contributed by atoms with Crippen LogP contribution in [0.3, 0.4) is 0 Å². The van der Waals surface area contributed by atoms with E-state index in [-0.39, 0.29) is 48.2 Å². The van der Waals surface area contributed by atoms with Crippen LogP contribution in [0.15, 0.2) is 0 Å². The molecule has 0 bridgehead atoms. The Balaban J connectivity index is 2.65. The highest BCUT2D eigenvalue weighted by Gasteiger charge is 2.36. The number of nitrogens with zero attached hydrogens (tertiary/aromatic N) is 1. The molecule has 0 amide bonds. The van der Waals surface area contributed by atoms with Crippen LogP contribution < -0.4 is 0 Å². The number of carbonyl (C=O) groups excluding carboxylic acids is 3. The molecular formula is C47H89NO7. The van der Waals surface area contributed by atoms with Crippen LogP contribution in [0.4, 0.5) is 0 Å². The van der Waals surface area contributed by atoms with Gasteiger partial charge in [-0.15, -0.1) is 0 Å². The number of hydrogen-bond acceptors (Lipinski definition) is 8. The normalized spacial score (nSPS) is 16.3. The van der Waals surface area contributed by atoms with Crippen LogP contribution >= 0.6 is 0 Å². The molecule has 324 valence electrons. The maximum Gasteiger partial charge on any atom is 0.311 e. The number of piperidine rings is 1. The summed E-state index contributed by atoms with van der Waals surface area (Å²) in [6.45, 7) is 13.3. The van der Waals surface area contributed by atoms with Crippen molar-refractivity contribution in [2.24, 2.45) is 5.92 Å². The van der Waals surface area contributed by atoms with Crippen LogP contribution in [0.25, 0.3) is 0 Å². The van der Waals surface area contributed by atoms with Crippen molar-refractivity contribution in [2.45, 2.75) is 252 Å². The molecule has 0 aromatic rings. The van der Waals surface area contributed by atoms with Crippen LogP contribution in [-0.4, -0.2) is 74.0 Å². The molecule has 1 aliphatic heterocycles. The summed E-state index contributed by atoms with van der Waals surface area (Å²) in [5, 5.41) is 0. The topological polar surface area (TPSA) is 91.4 Å². The summed E-state index contributed by atoms with van der Waals surface area (Å²) >= 11 is 0. The van der Waals surface area contributed by atoms with Crippen LogP contribution in [0, 0.1) is 5.92 Å². The maximum atomic E-state index is 13.7. The predicted molar refractivity (Wildman–Crippen MR) is 227 cm³/mol. The second-order valence-corrected chi connectivity index (χ2v) is 16.7. The molecule has 8 nitrogen and oxygen atoms in total. The standard InChI is InChI=1S/C47H89NO7/c1-7-12-17-22-27-38-52-44-39-48(6)37-36-43(44)47(51)55-42(32-23-18-20-25-34-45(49)53-40(28-13-8-2)29-14-9-3)33-24-19-21-26-35-46(50)54-41(30-15-10-4)31-16-11-5/h40-44H,7-39H2,1-6H3. The van der Waals surface area contributed by atoms with Gasteiger partial charge in [0.05, 0.1) is 12.0 Å². The Labute approximate surface area is 339 Å². The van der Waals surface area contributed by atoms with E-state index in [1.54, 1.807) is 0 Å². The fraction of sp³-hybridized carbons (Fsp3) is 0.936. The van der Waals surface area contributed by atoms with Gasteiger partial charge in [-0.1, -0.05) is 137 Å². The van der Waals surface area contributed by atoms with Crippen LogP contribution in [0.1, 0.15) is 227 Å². The molecule has 0 N–H and O–H groups in total. The minimum Gasteiger partial charge on any atom is -0.462 e. The third-order valence-electron chi connectivity index (χ3n) is 11.4. The molecule has 1 fully saturated rings. The number of carbonyl (C=O) groups is 3. The zero-order chi connectivity index (χ0) is 40.4. The summed E-state index contributed by atoms with van der Waals surface area (Å²) in [5.41, 5.74) is 0. The Morgan fingerprint density at radius 1 is 0.509 bits per heavy atom. The van der Waals surface area contributed by atoms with E-state index in [1.165, 1.54) is 25.7 Å². The molecule has 1 aliphatic rings. The molecule has 0 aromatic carbocycles. The first-order valence-corrected chi connectivity index (χ1v) is 23.7. The zero-order valence-electron chi connectivity index (χ0n) is 37.0. The molecule has 2 unspecified atom stereocenters. The van der Waals surface area contributed by atoms with Crippen LogP contribution in [0.5, 0.6) is 0 Å². The van der Waals surface area contributed by atoms with Gasteiger partial charge in [0.25, 0.3) is 0 Å². The summed E-state index contributed by atoms with van der Waals surface area (Å²) < 4.78 is 24.4. The van der Waals surface area contributed by atoms with Gasteiger partial charge in [-0.2, -0.15) is 0 Å². The maximum absolute atomic E-state index is 13.7. The molecule has 0 saturated carbocycles. The van der Waals surface area contributed by atoms with Gasteiger partial charge in [-0.05, 0) is 90.6 Å². The number of esters is 3. The number of rotatable bonds is 37. The quantitative estimate of drug-likeness (QED) is 0.0350. The second-order valence-electron chi connectivity index (χ2n) is 16.7. The first-order chi connectivity index (χ1) is 26.8. The number of ether oxygens (including phenoxy) is 4. The third-order valence-corrected chi connectivity index (χ3v) is 11.4. The molecule has 1 heterocycles. The highest BCUT2D eigenvalue weighted by Crippen LogP contribution is 2.25. The molecule has 1 rings (SSSR count). The largest absolute Gasteiger partial charge is 0.462 e. The van der Waals surface area contributed by atoms with E-state index in [4.69, 9.17) is 18.9 Å². The number of likely N-dealkylation sites (N-methyl/N-ethyl adjacent to an activating group) is 1. The first-order valence-electron chi connectivity index (χ1n) is 23.7. The Kier molecular flexibility index (Phi) is 33.1. The van der Waals surface area contributed by atoms with Crippen molar-refractivity contribution in [3.05, 3.63) is 0 Å². The predicted octanol–water partition coefficient (Wildman–Crippen LogP) is 12.5. The Morgan fingerprint density at radius 3 is 1.38 bits per heavy atom. The van der Waals surface area contributed by atoms with E-state index in [2.05, 4.69) is 46.6 Å². The van der Waals surface area contributed by atoms with Crippen molar-refractivity contribution in [2.75, 3.05) is 26.7 Å². The average molecular weight is 780 g/mol. The van der Waals surface area contributed by atoms with Crippen molar-refractivity contribution < 1.29 is 33.3 Å².